The lowest BCUT2D eigenvalue weighted by molar-refractivity contribution is 0.0888. The van der Waals surface area contributed by atoms with Crippen LogP contribution in [0.25, 0.3) is 31.8 Å². The van der Waals surface area contributed by atoms with E-state index >= 15 is 0 Å². The van der Waals surface area contributed by atoms with Gasteiger partial charge in [0.1, 0.15) is 22.3 Å². The molecule has 1 aliphatic rings. The smallest absolute Gasteiger partial charge is 0.251 e. The van der Waals surface area contributed by atoms with Gasteiger partial charge in [0.15, 0.2) is 0 Å². The van der Waals surface area contributed by atoms with Gasteiger partial charge in [-0.1, -0.05) is 18.2 Å². The van der Waals surface area contributed by atoms with Gasteiger partial charge in [0.2, 0.25) is 0 Å². The van der Waals surface area contributed by atoms with Crippen molar-refractivity contribution >= 4 is 38.4 Å². The van der Waals surface area contributed by atoms with Crippen LogP contribution in [0.15, 0.2) is 60.7 Å². The first-order valence-electron chi connectivity index (χ1n) is 12.2. The molecule has 6 rings (SSSR count). The summed E-state index contributed by atoms with van der Waals surface area (Å²) in [4.78, 5) is 20.1. The van der Waals surface area contributed by atoms with Crippen LogP contribution in [-0.4, -0.2) is 52.2 Å². The molecule has 6 nitrogen and oxygen atoms in total. The van der Waals surface area contributed by atoms with Crippen LogP contribution in [0.4, 0.5) is 8.78 Å². The van der Waals surface area contributed by atoms with Crippen LogP contribution in [0.5, 0.6) is 0 Å². The summed E-state index contributed by atoms with van der Waals surface area (Å²) in [5.41, 5.74) is 3.10. The lowest BCUT2D eigenvalue weighted by Crippen LogP contribution is -2.50. The van der Waals surface area contributed by atoms with Crippen molar-refractivity contribution in [3.63, 3.8) is 0 Å². The lowest BCUT2D eigenvalue weighted by Gasteiger charge is -2.36. The third kappa shape index (κ3) is 4.72. The second-order valence-electron chi connectivity index (χ2n) is 9.72. The minimum Gasteiger partial charge on any atom is -0.348 e. The Morgan fingerprint density at radius 2 is 1.92 bits per heavy atom. The third-order valence-corrected chi connectivity index (χ3v) is 7.97. The maximum absolute atomic E-state index is 14.2. The zero-order chi connectivity index (χ0) is 25.5. The zero-order valence-corrected chi connectivity index (χ0v) is 21.0. The van der Waals surface area contributed by atoms with Crippen molar-refractivity contribution in [2.75, 3.05) is 20.1 Å². The van der Waals surface area contributed by atoms with E-state index in [2.05, 4.69) is 20.4 Å². The molecule has 1 aliphatic heterocycles. The molecule has 2 atom stereocenters. The maximum atomic E-state index is 14.2. The van der Waals surface area contributed by atoms with Gasteiger partial charge in [-0.15, -0.1) is 11.3 Å². The number of carbonyl (C=O) groups excluding carboxylic acids is 1. The summed E-state index contributed by atoms with van der Waals surface area (Å²) in [5, 5.41) is 12.3. The third-order valence-electron chi connectivity index (χ3n) is 6.93. The molecule has 3 aromatic carbocycles. The van der Waals surface area contributed by atoms with Crippen LogP contribution < -0.4 is 5.32 Å². The van der Waals surface area contributed by atoms with E-state index in [1.165, 1.54) is 18.2 Å². The topological polar surface area (TPSA) is 73.9 Å². The van der Waals surface area contributed by atoms with E-state index in [9.17, 15) is 13.6 Å². The van der Waals surface area contributed by atoms with Crippen LogP contribution in [0, 0.1) is 17.6 Å². The number of para-hydroxylation sites is 1. The summed E-state index contributed by atoms with van der Waals surface area (Å²) in [6.45, 7) is 1.39. The summed E-state index contributed by atoms with van der Waals surface area (Å²) in [6, 6.07) is 17.2. The van der Waals surface area contributed by atoms with Crippen molar-refractivity contribution in [1.29, 1.82) is 0 Å². The predicted octanol–water partition coefficient (Wildman–Crippen LogP) is 5.41. The number of carbonyl (C=O) groups is 1. The molecule has 0 saturated carbocycles. The number of H-pyrrole nitrogens is 1. The molecule has 2 N–H and O–H groups in total. The van der Waals surface area contributed by atoms with Crippen molar-refractivity contribution < 1.29 is 13.6 Å². The molecule has 3 heterocycles. The Balaban J connectivity index is 1.21. The quantitative estimate of drug-likeness (QED) is 0.327. The molecule has 1 fully saturated rings. The van der Waals surface area contributed by atoms with Gasteiger partial charge in [-0.05, 0) is 68.3 Å². The number of rotatable bonds is 5. The average Bonchev–Trinajstić information content (AvgIpc) is 3.49. The number of hydrogen-bond donors (Lipinski definition) is 2. The molecule has 0 bridgehead atoms. The highest BCUT2D eigenvalue weighted by atomic mass is 32.1. The van der Waals surface area contributed by atoms with E-state index < -0.39 is 11.6 Å². The minimum atomic E-state index is -0.522. The Bertz CT molecular complexity index is 1560. The van der Waals surface area contributed by atoms with Crippen LogP contribution in [-0.2, 0) is 6.42 Å². The highest BCUT2D eigenvalue weighted by Gasteiger charge is 2.28. The van der Waals surface area contributed by atoms with Crippen LogP contribution in [0.2, 0.25) is 0 Å². The molecule has 2 aromatic heterocycles. The fourth-order valence-corrected chi connectivity index (χ4v) is 6.24. The van der Waals surface area contributed by atoms with Crippen molar-refractivity contribution in [2.24, 2.45) is 5.92 Å². The molecule has 188 valence electrons. The second-order valence-corrected chi connectivity index (χ2v) is 10.7. The number of hydrogen-bond acceptors (Lipinski definition) is 5. The summed E-state index contributed by atoms with van der Waals surface area (Å²) < 4.78 is 29.5. The highest BCUT2D eigenvalue weighted by molar-refractivity contribution is 7.21. The summed E-state index contributed by atoms with van der Waals surface area (Å²) >= 11 is 1.56. The Kier molecular flexibility index (Phi) is 6.18. The Morgan fingerprint density at radius 1 is 1.11 bits per heavy atom. The SMILES string of the molecule is CN1CC(Cc2c(F)cccc2F)C[C@@H](NC(=O)c2ccc3[nH]nc(-c4nc5ccccc5s4)c3c2)C1. The monoisotopic (exact) mass is 517 g/mol. The number of likely N-dealkylation sites (tertiary alicyclic amines) is 1. The van der Waals surface area contributed by atoms with Gasteiger partial charge < -0.3 is 10.2 Å². The largest absolute Gasteiger partial charge is 0.348 e. The summed E-state index contributed by atoms with van der Waals surface area (Å²) in [7, 11) is 1.96. The molecule has 0 aliphatic carbocycles. The van der Waals surface area contributed by atoms with Crippen molar-refractivity contribution in [1.82, 2.24) is 25.4 Å². The van der Waals surface area contributed by atoms with Gasteiger partial charge in [0.05, 0.1) is 15.7 Å². The fourth-order valence-electron chi connectivity index (χ4n) is 5.27. The maximum Gasteiger partial charge on any atom is 0.251 e. The first-order chi connectivity index (χ1) is 17.9. The normalized spacial score (nSPS) is 18.5. The number of piperidine rings is 1. The lowest BCUT2D eigenvalue weighted by atomic mass is 9.88. The van der Waals surface area contributed by atoms with Gasteiger partial charge >= 0.3 is 0 Å². The molecule has 1 unspecified atom stereocenters. The van der Waals surface area contributed by atoms with Crippen LogP contribution >= 0.6 is 11.3 Å². The van der Waals surface area contributed by atoms with E-state index in [1.54, 1.807) is 17.4 Å². The van der Waals surface area contributed by atoms with Crippen molar-refractivity contribution in [3.8, 4) is 10.7 Å². The fraction of sp³-hybridized carbons (Fsp3) is 0.250. The number of nitrogens with zero attached hydrogens (tertiary/aromatic N) is 3. The minimum absolute atomic E-state index is 0.0254. The number of halogens is 2. The molecule has 5 aromatic rings. The van der Waals surface area contributed by atoms with E-state index in [0.29, 0.717) is 31.5 Å². The summed E-state index contributed by atoms with van der Waals surface area (Å²) in [6.07, 6.45) is 0.941. The molecule has 0 radical (unpaired) electrons. The molecule has 1 saturated heterocycles. The van der Waals surface area contributed by atoms with E-state index in [1.807, 2.05) is 43.4 Å². The first-order valence-corrected chi connectivity index (χ1v) is 13.0. The number of aromatic amines is 1. The van der Waals surface area contributed by atoms with Gasteiger partial charge in [0.25, 0.3) is 5.91 Å². The molecule has 1 amide bonds. The number of benzene rings is 3. The number of aromatic nitrogens is 3. The highest BCUT2D eigenvalue weighted by Crippen LogP contribution is 2.33. The first kappa shape index (κ1) is 23.7. The van der Waals surface area contributed by atoms with Crippen LogP contribution in [0.3, 0.4) is 0 Å². The number of fused-ring (bicyclic) bond motifs is 2. The molecular formula is C28H25F2N5OS. The Hall–Kier alpha value is -3.69. The number of likely N-dealkylation sites (N-methyl/N-ethyl adjacent to an activating group) is 1. The number of amides is 1. The average molecular weight is 518 g/mol. The number of nitrogens with one attached hydrogen (secondary N) is 2. The van der Waals surface area contributed by atoms with E-state index in [0.717, 1.165) is 31.8 Å². The van der Waals surface area contributed by atoms with Gasteiger partial charge in [-0.2, -0.15) is 5.10 Å². The van der Waals surface area contributed by atoms with Gasteiger partial charge in [-0.3, -0.25) is 9.89 Å². The predicted molar refractivity (Wildman–Crippen MR) is 142 cm³/mol. The Morgan fingerprint density at radius 3 is 2.73 bits per heavy atom. The standard InChI is InChI=1S/C28H25F2N5OS/c1-35-14-16(12-19-21(29)5-4-6-22(19)30)11-18(15-35)31-27(36)17-9-10-23-20(13-17)26(34-33-23)28-32-24-7-2-3-8-25(24)37-28/h2-10,13,16,18H,11-12,14-15H2,1H3,(H,31,36)(H,33,34)/t16?,18-/m1/s1. The molecule has 37 heavy (non-hydrogen) atoms. The molecule has 9 heteroatoms. The molecular weight excluding hydrogens is 492 g/mol. The molecule has 0 spiro atoms. The Labute approximate surface area is 216 Å². The van der Waals surface area contributed by atoms with Gasteiger partial charge in [0, 0.05) is 35.6 Å². The van der Waals surface area contributed by atoms with Crippen molar-refractivity contribution in [2.45, 2.75) is 18.9 Å². The van der Waals surface area contributed by atoms with E-state index in [-0.39, 0.29) is 23.4 Å². The zero-order valence-electron chi connectivity index (χ0n) is 20.2. The summed E-state index contributed by atoms with van der Waals surface area (Å²) in [5.74, 6) is -1.20. The van der Waals surface area contributed by atoms with E-state index in [4.69, 9.17) is 4.98 Å². The van der Waals surface area contributed by atoms with Gasteiger partial charge in [-0.25, -0.2) is 13.8 Å². The second kappa shape index (κ2) is 9.64. The van der Waals surface area contributed by atoms with Crippen LogP contribution in [0.1, 0.15) is 22.3 Å². The van der Waals surface area contributed by atoms with Crippen molar-refractivity contribution in [3.05, 3.63) is 83.4 Å². The number of thiazole rings is 1.